The molecule has 1 aromatic heterocycles. The number of aromatic nitrogens is 1. The topological polar surface area (TPSA) is 63.6 Å². The number of thiazole rings is 1. The van der Waals surface area contributed by atoms with E-state index >= 15 is 0 Å². The predicted molar refractivity (Wildman–Crippen MR) is 131 cm³/mol. The van der Waals surface area contributed by atoms with E-state index in [2.05, 4.69) is 34.6 Å². The van der Waals surface area contributed by atoms with Crippen molar-refractivity contribution in [2.75, 3.05) is 12.0 Å². The second-order valence-corrected chi connectivity index (χ2v) is 8.31. The van der Waals surface area contributed by atoms with E-state index in [0.717, 1.165) is 35.2 Å². The Morgan fingerprint density at radius 3 is 2.75 bits per heavy atom. The van der Waals surface area contributed by atoms with E-state index < -0.39 is 0 Å². The Hall–Kier alpha value is -3.51. The molecular weight excluding hydrogens is 418 g/mol. The molecule has 5 nitrogen and oxygen atoms in total. The molecule has 32 heavy (non-hydrogen) atoms. The predicted octanol–water partition coefficient (Wildman–Crippen LogP) is 5.95. The third kappa shape index (κ3) is 5.59. The summed E-state index contributed by atoms with van der Waals surface area (Å²) >= 11 is 1.49. The molecule has 4 rings (SSSR count). The highest BCUT2D eigenvalue weighted by Crippen LogP contribution is 2.27. The first kappa shape index (κ1) is 21.7. The first-order chi connectivity index (χ1) is 15.7. The number of esters is 1. The maximum absolute atomic E-state index is 12.6. The Labute approximate surface area is 192 Å². The van der Waals surface area contributed by atoms with Gasteiger partial charge in [-0.15, -0.1) is 11.3 Å². The lowest BCUT2D eigenvalue weighted by atomic mass is 9.99. The van der Waals surface area contributed by atoms with E-state index in [9.17, 15) is 4.79 Å². The van der Waals surface area contributed by atoms with Crippen LogP contribution in [0.15, 0.2) is 88.4 Å². The molecule has 0 bridgehead atoms. The van der Waals surface area contributed by atoms with Crippen LogP contribution in [0.4, 0.5) is 5.13 Å². The normalized spacial score (nSPS) is 13.5. The number of aryl methyl sites for hydroxylation is 1. The van der Waals surface area contributed by atoms with Crippen molar-refractivity contribution in [1.29, 1.82) is 0 Å². The number of carbonyl (C=O) groups excluding carboxylic acids is 1. The van der Waals surface area contributed by atoms with Crippen molar-refractivity contribution >= 4 is 28.7 Å². The molecule has 6 heteroatoms. The van der Waals surface area contributed by atoms with E-state index in [1.54, 1.807) is 6.21 Å². The van der Waals surface area contributed by atoms with Gasteiger partial charge < -0.3 is 4.74 Å². The molecular formula is C26H25N3O2S. The SMILES string of the molecule is Cc1ccccc1-c1csc(N/N=C/C2=CCCC=C2C(=O)OCCc2ccccc2)n1. The zero-order chi connectivity index (χ0) is 22.2. The lowest BCUT2D eigenvalue weighted by molar-refractivity contribution is -0.138. The number of nitrogens with one attached hydrogen (secondary N) is 1. The summed E-state index contributed by atoms with van der Waals surface area (Å²) < 4.78 is 5.50. The van der Waals surface area contributed by atoms with Gasteiger partial charge in [-0.2, -0.15) is 5.10 Å². The van der Waals surface area contributed by atoms with Crippen molar-refractivity contribution in [2.24, 2.45) is 5.10 Å². The Kier molecular flexibility index (Phi) is 7.25. The molecule has 0 aliphatic heterocycles. The molecule has 162 valence electrons. The number of anilines is 1. The first-order valence-corrected chi connectivity index (χ1v) is 11.5. The van der Waals surface area contributed by atoms with Gasteiger partial charge in [-0.3, -0.25) is 5.43 Å². The van der Waals surface area contributed by atoms with Gasteiger partial charge in [0.05, 0.1) is 24.1 Å². The summed E-state index contributed by atoms with van der Waals surface area (Å²) in [7, 11) is 0. The molecule has 0 spiro atoms. The maximum Gasteiger partial charge on any atom is 0.338 e. The van der Waals surface area contributed by atoms with E-state index in [4.69, 9.17) is 4.74 Å². The van der Waals surface area contributed by atoms with Gasteiger partial charge in [0.1, 0.15) is 0 Å². The lowest BCUT2D eigenvalue weighted by Crippen LogP contribution is -2.14. The minimum Gasteiger partial charge on any atom is -0.462 e. The van der Waals surface area contributed by atoms with Crippen molar-refractivity contribution in [3.63, 3.8) is 0 Å². The van der Waals surface area contributed by atoms with Crippen molar-refractivity contribution in [3.8, 4) is 11.3 Å². The average Bonchev–Trinajstić information content (AvgIpc) is 3.29. The minimum atomic E-state index is -0.311. The van der Waals surface area contributed by atoms with Crippen LogP contribution in [-0.2, 0) is 16.0 Å². The highest BCUT2D eigenvalue weighted by molar-refractivity contribution is 7.14. The molecule has 0 amide bonds. The monoisotopic (exact) mass is 443 g/mol. The third-order valence-electron chi connectivity index (χ3n) is 5.17. The number of hydrogen-bond donors (Lipinski definition) is 1. The Morgan fingerprint density at radius 2 is 1.91 bits per heavy atom. The number of allylic oxidation sites excluding steroid dienone is 2. The van der Waals surface area contributed by atoms with Crippen molar-refractivity contribution in [2.45, 2.75) is 26.2 Å². The fourth-order valence-corrected chi connectivity index (χ4v) is 4.13. The Balaban J connectivity index is 1.33. The van der Waals surface area contributed by atoms with Crippen LogP contribution in [-0.4, -0.2) is 23.8 Å². The molecule has 0 atom stereocenters. The summed E-state index contributed by atoms with van der Waals surface area (Å²) in [5.74, 6) is -0.311. The van der Waals surface area contributed by atoms with Gasteiger partial charge in [-0.25, -0.2) is 9.78 Å². The van der Waals surface area contributed by atoms with Crippen molar-refractivity contribution in [1.82, 2.24) is 4.98 Å². The number of rotatable bonds is 8. The second-order valence-electron chi connectivity index (χ2n) is 7.45. The van der Waals surface area contributed by atoms with Gasteiger partial charge in [0, 0.05) is 22.9 Å². The highest BCUT2D eigenvalue weighted by atomic mass is 32.1. The second kappa shape index (κ2) is 10.7. The molecule has 1 aliphatic carbocycles. The summed E-state index contributed by atoms with van der Waals surface area (Å²) in [5, 5.41) is 7.02. The highest BCUT2D eigenvalue weighted by Gasteiger charge is 2.17. The van der Waals surface area contributed by atoms with E-state index in [-0.39, 0.29) is 5.97 Å². The molecule has 1 aliphatic rings. The Morgan fingerprint density at radius 1 is 1.12 bits per heavy atom. The number of hydrogen-bond acceptors (Lipinski definition) is 6. The summed E-state index contributed by atoms with van der Waals surface area (Å²) in [6.45, 7) is 2.42. The number of nitrogens with zero attached hydrogens (tertiary/aromatic N) is 2. The number of hydrazone groups is 1. The zero-order valence-electron chi connectivity index (χ0n) is 18.0. The average molecular weight is 444 g/mol. The fraction of sp³-hybridized carbons (Fsp3) is 0.192. The largest absolute Gasteiger partial charge is 0.462 e. The number of ether oxygens (including phenoxy) is 1. The first-order valence-electron chi connectivity index (χ1n) is 10.6. The van der Waals surface area contributed by atoms with Crippen LogP contribution in [0.2, 0.25) is 0 Å². The van der Waals surface area contributed by atoms with E-state index in [0.29, 0.717) is 23.7 Å². The summed E-state index contributed by atoms with van der Waals surface area (Å²) in [6, 6.07) is 18.2. The van der Waals surface area contributed by atoms with Gasteiger partial charge in [0.25, 0.3) is 0 Å². The van der Waals surface area contributed by atoms with E-state index in [1.165, 1.54) is 16.9 Å². The van der Waals surface area contributed by atoms with Crippen molar-refractivity contribution < 1.29 is 9.53 Å². The maximum atomic E-state index is 12.6. The summed E-state index contributed by atoms with van der Waals surface area (Å²) in [4.78, 5) is 17.2. The summed E-state index contributed by atoms with van der Waals surface area (Å²) in [5.41, 5.74) is 8.67. The molecule has 2 aromatic carbocycles. The standard InChI is InChI=1S/C26H25N3O2S/c1-19-9-5-7-13-22(19)24-18-32-26(28-24)29-27-17-21-12-6-8-14-23(21)25(30)31-16-15-20-10-3-2-4-11-20/h2-5,7,9-14,17-18H,6,8,15-16H2,1H3,(H,28,29)/b27-17+. The van der Waals surface area contributed by atoms with Gasteiger partial charge >= 0.3 is 5.97 Å². The Bertz CT molecular complexity index is 1160. The quantitative estimate of drug-likeness (QED) is 0.265. The van der Waals surface area contributed by atoms with Crippen LogP contribution in [0.25, 0.3) is 11.3 Å². The molecule has 0 saturated carbocycles. The molecule has 3 aromatic rings. The number of benzene rings is 2. The third-order valence-corrected chi connectivity index (χ3v) is 5.91. The molecule has 0 unspecified atom stereocenters. The minimum absolute atomic E-state index is 0.311. The molecule has 1 heterocycles. The molecule has 1 N–H and O–H groups in total. The smallest absolute Gasteiger partial charge is 0.338 e. The molecule has 0 saturated heterocycles. The van der Waals surface area contributed by atoms with E-state index in [1.807, 2.05) is 60.0 Å². The van der Waals surface area contributed by atoms with Gasteiger partial charge in [-0.05, 0) is 30.9 Å². The van der Waals surface area contributed by atoms with Crippen LogP contribution < -0.4 is 5.43 Å². The number of carbonyl (C=O) groups is 1. The van der Waals surface area contributed by atoms with Crippen LogP contribution in [0.1, 0.15) is 24.0 Å². The van der Waals surface area contributed by atoms with Crippen LogP contribution >= 0.6 is 11.3 Å². The van der Waals surface area contributed by atoms with Crippen molar-refractivity contribution in [3.05, 3.63) is 94.4 Å². The van der Waals surface area contributed by atoms with Gasteiger partial charge in [0.2, 0.25) is 5.13 Å². The summed E-state index contributed by atoms with van der Waals surface area (Å²) in [6.07, 6.45) is 7.99. The lowest BCUT2D eigenvalue weighted by Gasteiger charge is -2.12. The fourth-order valence-electron chi connectivity index (χ4n) is 3.47. The molecule has 0 fully saturated rings. The van der Waals surface area contributed by atoms with Crippen LogP contribution in [0.3, 0.4) is 0 Å². The van der Waals surface area contributed by atoms with Gasteiger partial charge in [-0.1, -0.05) is 66.7 Å². The van der Waals surface area contributed by atoms with Crippen LogP contribution in [0.5, 0.6) is 0 Å². The van der Waals surface area contributed by atoms with Crippen LogP contribution in [0, 0.1) is 6.92 Å². The van der Waals surface area contributed by atoms with Gasteiger partial charge in [0.15, 0.2) is 0 Å². The molecule has 0 radical (unpaired) electrons. The zero-order valence-corrected chi connectivity index (χ0v) is 18.8.